The molecule has 28 heavy (non-hydrogen) atoms. The van der Waals surface area contributed by atoms with Crippen molar-refractivity contribution in [2.45, 2.75) is 19.4 Å². The van der Waals surface area contributed by atoms with Crippen LogP contribution < -0.4 is 10.6 Å². The molecule has 1 aromatic heterocycles. The summed E-state index contributed by atoms with van der Waals surface area (Å²) >= 11 is 0. The molecule has 2 heterocycles. The van der Waals surface area contributed by atoms with E-state index >= 15 is 0 Å². The van der Waals surface area contributed by atoms with Crippen LogP contribution in [0.15, 0.2) is 45.9 Å². The van der Waals surface area contributed by atoms with Crippen molar-refractivity contribution >= 4 is 29.9 Å². The first-order valence-corrected chi connectivity index (χ1v) is 9.46. The number of nitrogens with zero attached hydrogens (tertiary/aromatic N) is 2. The van der Waals surface area contributed by atoms with Crippen LogP contribution in [-0.4, -0.2) is 51.1 Å². The minimum absolute atomic E-state index is 0. The van der Waals surface area contributed by atoms with E-state index in [1.165, 1.54) is 0 Å². The number of aliphatic imine (C=N–C) groups is 1. The number of benzene rings is 1. The van der Waals surface area contributed by atoms with Crippen LogP contribution in [0.2, 0.25) is 0 Å². The smallest absolute Gasteiger partial charge is 0.191 e. The first kappa shape index (κ1) is 22.6. The Balaban J connectivity index is 0.00000280. The van der Waals surface area contributed by atoms with Gasteiger partial charge < -0.3 is 24.6 Å². The summed E-state index contributed by atoms with van der Waals surface area (Å²) in [6.07, 6.45) is 2.04. The summed E-state index contributed by atoms with van der Waals surface area (Å²) in [4.78, 5) is 4.23. The first-order chi connectivity index (χ1) is 13.3. The third-order valence-corrected chi connectivity index (χ3v) is 4.41. The predicted molar refractivity (Wildman–Crippen MR) is 120 cm³/mol. The van der Waals surface area contributed by atoms with Crippen LogP contribution in [0.5, 0.6) is 0 Å². The van der Waals surface area contributed by atoms with Crippen LogP contribution in [0.4, 0.5) is 0 Å². The molecule has 1 unspecified atom stereocenters. The van der Waals surface area contributed by atoms with E-state index in [2.05, 4.69) is 20.8 Å². The lowest BCUT2D eigenvalue weighted by Gasteiger charge is -2.12. The van der Waals surface area contributed by atoms with Gasteiger partial charge in [-0.1, -0.05) is 35.5 Å². The molecular formula is C20H29IN4O3. The molecule has 3 rings (SSSR count). The maximum atomic E-state index is 5.70. The van der Waals surface area contributed by atoms with Crippen molar-refractivity contribution < 1.29 is 14.0 Å². The lowest BCUT2D eigenvalue weighted by Crippen LogP contribution is -2.37. The first-order valence-electron chi connectivity index (χ1n) is 9.46. The fourth-order valence-electron chi connectivity index (χ4n) is 2.87. The molecule has 8 heteroatoms. The lowest BCUT2D eigenvalue weighted by atomic mass is 10.1. The van der Waals surface area contributed by atoms with Crippen molar-refractivity contribution in [1.82, 2.24) is 15.8 Å². The second-order valence-electron chi connectivity index (χ2n) is 6.56. The minimum Gasteiger partial charge on any atom is -0.381 e. The van der Waals surface area contributed by atoms with Gasteiger partial charge in [0.05, 0.1) is 19.8 Å². The lowest BCUT2D eigenvalue weighted by molar-refractivity contribution is 0.0888. The molecule has 7 nitrogen and oxygen atoms in total. The highest BCUT2D eigenvalue weighted by atomic mass is 127. The van der Waals surface area contributed by atoms with E-state index in [1.54, 1.807) is 7.05 Å². The van der Waals surface area contributed by atoms with E-state index < -0.39 is 0 Å². The molecule has 1 aliphatic rings. The molecular weight excluding hydrogens is 471 g/mol. The van der Waals surface area contributed by atoms with Gasteiger partial charge in [-0.15, -0.1) is 24.0 Å². The van der Waals surface area contributed by atoms with Crippen LogP contribution in [-0.2, 0) is 16.0 Å². The number of hydrogen-bond acceptors (Lipinski definition) is 5. The third-order valence-electron chi connectivity index (χ3n) is 4.41. The normalized spacial score (nSPS) is 16.6. The molecule has 1 fully saturated rings. The zero-order chi connectivity index (χ0) is 18.7. The molecule has 0 radical (unpaired) electrons. The molecule has 1 atom stereocenters. The maximum absolute atomic E-state index is 5.70. The Labute approximate surface area is 183 Å². The van der Waals surface area contributed by atoms with E-state index in [-0.39, 0.29) is 24.0 Å². The molecule has 2 N–H and O–H groups in total. The standard InChI is InChI=1S/C20H28N4O3.HI/c1-21-20(22-9-5-10-25-14-16-8-11-26-15-16)23-13-18-12-19(27-24-18)17-6-3-2-4-7-17;/h2-4,6-7,12,16H,5,8-11,13-15H2,1H3,(H2,21,22,23);1H. The number of hydrogen-bond donors (Lipinski definition) is 2. The fourth-order valence-corrected chi connectivity index (χ4v) is 2.87. The van der Waals surface area contributed by atoms with E-state index in [9.17, 15) is 0 Å². The summed E-state index contributed by atoms with van der Waals surface area (Å²) in [5.41, 5.74) is 1.85. The summed E-state index contributed by atoms with van der Waals surface area (Å²) < 4.78 is 16.5. The van der Waals surface area contributed by atoms with Crippen LogP contribution in [0.3, 0.4) is 0 Å². The van der Waals surface area contributed by atoms with Crippen LogP contribution >= 0.6 is 24.0 Å². The Kier molecular flexibility index (Phi) is 10.3. The number of rotatable bonds is 9. The van der Waals surface area contributed by atoms with Gasteiger partial charge in [0.2, 0.25) is 0 Å². The Morgan fingerprint density at radius 1 is 1.29 bits per heavy atom. The molecule has 0 spiro atoms. The molecule has 0 amide bonds. The Morgan fingerprint density at radius 3 is 2.89 bits per heavy atom. The molecule has 0 bridgehead atoms. The number of halogens is 1. The van der Waals surface area contributed by atoms with Gasteiger partial charge in [0.1, 0.15) is 5.69 Å². The molecule has 1 saturated heterocycles. The van der Waals surface area contributed by atoms with Gasteiger partial charge in [-0.3, -0.25) is 4.99 Å². The average Bonchev–Trinajstić information content (AvgIpc) is 3.39. The second-order valence-corrected chi connectivity index (χ2v) is 6.56. The molecule has 0 saturated carbocycles. The second kappa shape index (κ2) is 12.7. The fraction of sp³-hybridized carbons (Fsp3) is 0.500. The monoisotopic (exact) mass is 500 g/mol. The van der Waals surface area contributed by atoms with Crippen molar-refractivity contribution in [2.75, 3.05) is 40.0 Å². The van der Waals surface area contributed by atoms with E-state index in [0.29, 0.717) is 12.5 Å². The van der Waals surface area contributed by atoms with Gasteiger partial charge in [0.15, 0.2) is 11.7 Å². The third kappa shape index (κ3) is 7.40. The summed E-state index contributed by atoms with van der Waals surface area (Å²) in [7, 11) is 1.75. The summed E-state index contributed by atoms with van der Waals surface area (Å²) in [6.45, 7) is 4.59. The largest absolute Gasteiger partial charge is 0.381 e. The van der Waals surface area contributed by atoms with Gasteiger partial charge in [-0.2, -0.15) is 0 Å². The highest BCUT2D eigenvalue weighted by Gasteiger charge is 2.15. The van der Waals surface area contributed by atoms with E-state index in [1.807, 2.05) is 36.4 Å². The van der Waals surface area contributed by atoms with Gasteiger partial charge in [0, 0.05) is 44.4 Å². The van der Waals surface area contributed by atoms with Crippen molar-refractivity contribution in [3.63, 3.8) is 0 Å². The maximum Gasteiger partial charge on any atom is 0.191 e. The number of ether oxygens (including phenoxy) is 2. The molecule has 2 aromatic rings. The Bertz CT molecular complexity index is 702. The Hall–Kier alpha value is -1.65. The Morgan fingerprint density at radius 2 is 2.14 bits per heavy atom. The topological polar surface area (TPSA) is 80.9 Å². The highest BCUT2D eigenvalue weighted by molar-refractivity contribution is 14.0. The van der Waals surface area contributed by atoms with E-state index in [0.717, 1.165) is 68.8 Å². The van der Waals surface area contributed by atoms with Crippen LogP contribution in [0, 0.1) is 5.92 Å². The zero-order valence-corrected chi connectivity index (χ0v) is 18.6. The quantitative estimate of drug-likeness (QED) is 0.239. The highest BCUT2D eigenvalue weighted by Crippen LogP contribution is 2.19. The average molecular weight is 500 g/mol. The summed E-state index contributed by atoms with van der Waals surface area (Å²) in [5.74, 6) is 2.07. The zero-order valence-electron chi connectivity index (χ0n) is 16.2. The van der Waals surface area contributed by atoms with Crippen LogP contribution in [0.25, 0.3) is 11.3 Å². The van der Waals surface area contributed by atoms with Crippen molar-refractivity contribution in [3.8, 4) is 11.3 Å². The SMILES string of the molecule is CN=C(NCCCOCC1CCOC1)NCc1cc(-c2ccccc2)on1.I. The van der Waals surface area contributed by atoms with Crippen molar-refractivity contribution in [1.29, 1.82) is 0 Å². The van der Waals surface area contributed by atoms with Gasteiger partial charge in [0.25, 0.3) is 0 Å². The number of guanidine groups is 1. The molecule has 1 aromatic carbocycles. The van der Waals surface area contributed by atoms with Crippen LogP contribution in [0.1, 0.15) is 18.5 Å². The molecule has 1 aliphatic heterocycles. The predicted octanol–water partition coefficient (Wildman–Crippen LogP) is 3.07. The van der Waals surface area contributed by atoms with Gasteiger partial charge in [-0.05, 0) is 12.8 Å². The van der Waals surface area contributed by atoms with Gasteiger partial charge >= 0.3 is 0 Å². The number of aromatic nitrogens is 1. The molecule has 0 aliphatic carbocycles. The van der Waals surface area contributed by atoms with Gasteiger partial charge in [-0.25, -0.2) is 0 Å². The summed E-state index contributed by atoms with van der Waals surface area (Å²) in [5, 5.41) is 10.6. The molecule has 154 valence electrons. The number of nitrogens with one attached hydrogen (secondary N) is 2. The minimum atomic E-state index is 0. The summed E-state index contributed by atoms with van der Waals surface area (Å²) in [6, 6.07) is 11.9. The van der Waals surface area contributed by atoms with Crippen molar-refractivity contribution in [3.05, 3.63) is 42.1 Å². The van der Waals surface area contributed by atoms with E-state index in [4.69, 9.17) is 14.0 Å². The van der Waals surface area contributed by atoms with Crippen molar-refractivity contribution in [2.24, 2.45) is 10.9 Å².